The van der Waals surface area contributed by atoms with Crippen molar-refractivity contribution in [3.05, 3.63) is 105 Å². The van der Waals surface area contributed by atoms with E-state index >= 15 is 0 Å². The molecule has 230 valence electrons. The number of nitro groups is 1. The molecular formula is C32H34N4O8. The number of ether oxygens (including phenoxy) is 1. The average Bonchev–Trinajstić information content (AvgIpc) is 3.59. The highest BCUT2D eigenvalue weighted by Gasteiger charge is 2.53. The molecule has 1 fully saturated rings. The van der Waals surface area contributed by atoms with Gasteiger partial charge in [-0.15, -0.1) is 0 Å². The molecule has 2 amide bonds. The molecule has 5 rings (SSSR count). The number of pyridine rings is 1. The maximum absolute atomic E-state index is 13.9. The summed E-state index contributed by atoms with van der Waals surface area (Å²) < 4.78 is 6.55. The predicted octanol–water partition coefficient (Wildman–Crippen LogP) is 3.05. The number of hydrogen-bond donors (Lipinski definition) is 2. The number of amides is 2. The van der Waals surface area contributed by atoms with Crippen molar-refractivity contribution in [2.24, 2.45) is 5.92 Å². The van der Waals surface area contributed by atoms with Crippen LogP contribution in [0.5, 0.6) is 5.75 Å². The van der Waals surface area contributed by atoms with E-state index in [-0.39, 0.29) is 54.1 Å². The van der Waals surface area contributed by atoms with Crippen LogP contribution in [0.15, 0.2) is 77.7 Å². The van der Waals surface area contributed by atoms with Crippen molar-refractivity contribution in [3.8, 4) is 11.4 Å². The third-order valence-electron chi connectivity index (χ3n) is 8.44. The molecule has 3 atom stereocenters. The Morgan fingerprint density at radius 3 is 2.64 bits per heavy atom. The summed E-state index contributed by atoms with van der Waals surface area (Å²) >= 11 is 0. The van der Waals surface area contributed by atoms with Gasteiger partial charge in [-0.2, -0.15) is 0 Å². The predicted molar refractivity (Wildman–Crippen MR) is 162 cm³/mol. The molecule has 2 aliphatic rings. The van der Waals surface area contributed by atoms with Gasteiger partial charge in [0.2, 0.25) is 5.91 Å². The minimum Gasteiger partial charge on any atom is -0.491 e. The first-order valence-electron chi connectivity index (χ1n) is 14.3. The molecule has 3 heterocycles. The van der Waals surface area contributed by atoms with E-state index in [1.54, 1.807) is 66.6 Å². The van der Waals surface area contributed by atoms with Crippen molar-refractivity contribution in [3.63, 3.8) is 0 Å². The Morgan fingerprint density at radius 1 is 1.20 bits per heavy atom. The minimum atomic E-state index is -2.12. The molecule has 0 unspecified atom stereocenters. The van der Waals surface area contributed by atoms with Gasteiger partial charge in [0.1, 0.15) is 0 Å². The van der Waals surface area contributed by atoms with Gasteiger partial charge < -0.3 is 24.7 Å². The van der Waals surface area contributed by atoms with Crippen LogP contribution in [0.1, 0.15) is 37.3 Å². The van der Waals surface area contributed by atoms with Crippen LogP contribution in [0.4, 0.5) is 11.4 Å². The molecule has 1 aromatic heterocycles. The normalized spacial score (nSPS) is 20.3. The van der Waals surface area contributed by atoms with Crippen LogP contribution in [-0.4, -0.2) is 62.7 Å². The molecule has 12 heteroatoms. The molecule has 2 aliphatic heterocycles. The zero-order valence-electron chi connectivity index (χ0n) is 24.5. The summed E-state index contributed by atoms with van der Waals surface area (Å²) in [5.41, 5.74) is -0.962. The van der Waals surface area contributed by atoms with E-state index in [0.717, 1.165) is 12.8 Å². The van der Waals surface area contributed by atoms with Crippen molar-refractivity contribution >= 4 is 23.2 Å². The Balaban J connectivity index is 1.40. The smallest absolute Gasteiger partial charge is 0.297 e. The van der Waals surface area contributed by atoms with Crippen molar-refractivity contribution in [1.82, 2.24) is 9.47 Å². The van der Waals surface area contributed by atoms with Crippen LogP contribution >= 0.6 is 0 Å². The third-order valence-corrected chi connectivity index (χ3v) is 8.44. The number of benzene rings is 2. The number of carbonyl (C=O) groups is 2. The van der Waals surface area contributed by atoms with Crippen molar-refractivity contribution in [1.29, 1.82) is 0 Å². The number of likely N-dealkylation sites (tertiary alicyclic amines) is 1. The quantitative estimate of drug-likeness (QED) is 0.204. The van der Waals surface area contributed by atoms with Crippen LogP contribution in [0.3, 0.4) is 0 Å². The highest BCUT2D eigenvalue weighted by molar-refractivity contribution is 6.07. The highest BCUT2D eigenvalue weighted by Crippen LogP contribution is 2.47. The molecule has 2 aromatic carbocycles. The largest absolute Gasteiger partial charge is 0.491 e. The second kappa shape index (κ2) is 12.4. The third kappa shape index (κ3) is 5.49. The Labute approximate surface area is 253 Å². The number of carbonyl (C=O) groups excluding carboxylic acids is 2. The van der Waals surface area contributed by atoms with Gasteiger partial charge in [-0.3, -0.25) is 29.1 Å². The van der Waals surface area contributed by atoms with Gasteiger partial charge in [0, 0.05) is 48.5 Å². The number of rotatable bonds is 10. The summed E-state index contributed by atoms with van der Waals surface area (Å²) in [5.74, 6) is -1.44. The SMILES string of the molecule is COc1cccn(-c2ccc(CN3C(=O)[C@@](O)([C@@H](C)/C=C/CC(=O)N4CCC[C@H]4CO)c4cc([N+](=O)[O-])ccc43)cc2)c1=O. The summed E-state index contributed by atoms with van der Waals surface area (Å²) in [5, 5.41) is 33.0. The average molecular weight is 603 g/mol. The lowest BCUT2D eigenvalue weighted by Crippen LogP contribution is -2.44. The molecule has 0 radical (unpaired) electrons. The zero-order chi connectivity index (χ0) is 31.6. The van der Waals surface area contributed by atoms with Crippen LogP contribution in [0, 0.1) is 16.0 Å². The minimum absolute atomic E-state index is 0.0271. The number of aliphatic hydroxyl groups excluding tert-OH is 1. The first-order chi connectivity index (χ1) is 21.1. The van der Waals surface area contributed by atoms with E-state index in [2.05, 4.69) is 0 Å². The van der Waals surface area contributed by atoms with Crippen LogP contribution < -0.4 is 15.2 Å². The Morgan fingerprint density at radius 2 is 1.95 bits per heavy atom. The molecule has 12 nitrogen and oxygen atoms in total. The zero-order valence-corrected chi connectivity index (χ0v) is 24.5. The number of methoxy groups -OCH3 is 1. The maximum Gasteiger partial charge on any atom is 0.297 e. The molecule has 0 saturated carbocycles. The maximum atomic E-state index is 13.9. The van der Waals surface area contributed by atoms with E-state index in [0.29, 0.717) is 23.5 Å². The second-order valence-electron chi connectivity index (χ2n) is 11.0. The van der Waals surface area contributed by atoms with Gasteiger partial charge in [-0.1, -0.05) is 31.2 Å². The number of non-ortho nitro benzene ring substituents is 1. The van der Waals surface area contributed by atoms with Gasteiger partial charge in [0.05, 0.1) is 36.9 Å². The fraction of sp³-hybridized carbons (Fsp3) is 0.344. The van der Waals surface area contributed by atoms with Crippen molar-refractivity contribution in [2.75, 3.05) is 25.2 Å². The molecule has 44 heavy (non-hydrogen) atoms. The van der Waals surface area contributed by atoms with E-state index in [1.807, 2.05) is 0 Å². The molecular weight excluding hydrogens is 568 g/mol. The van der Waals surface area contributed by atoms with Gasteiger partial charge >= 0.3 is 0 Å². The number of nitrogens with zero attached hydrogens (tertiary/aromatic N) is 4. The fourth-order valence-corrected chi connectivity index (χ4v) is 5.97. The standard InChI is InChI=1S/C32H34N4O8/c1-21(6-3-9-29(38)33-16-4-7-25(33)20-37)32(41)26-18-24(36(42)43)14-15-27(26)35(31(32)40)19-22-10-12-23(13-11-22)34-17-5-8-28(44-2)30(34)39/h3,5-6,8,10-15,17-18,21,25,37,41H,4,7,9,16,19-20H2,1-2H3/b6-3+/t21-,25-,32+/m0/s1. The summed E-state index contributed by atoms with van der Waals surface area (Å²) in [7, 11) is 1.42. The lowest BCUT2D eigenvalue weighted by Gasteiger charge is -2.28. The Kier molecular flexibility index (Phi) is 8.66. The lowest BCUT2D eigenvalue weighted by molar-refractivity contribution is -0.385. The number of anilines is 1. The van der Waals surface area contributed by atoms with Gasteiger partial charge in [-0.05, 0) is 48.7 Å². The number of nitro benzene ring substituents is 1. The monoisotopic (exact) mass is 602 g/mol. The first-order valence-corrected chi connectivity index (χ1v) is 14.3. The van der Waals surface area contributed by atoms with Gasteiger partial charge in [-0.25, -0.2) is 0 Å². The number of aliphatic hydroxyl groups is 2. The van der Waals surface area contributed by atoms with E-state index < -0.39 is 22.3 Å². The molecule has 0 spiro atoms. The Hall–Kier alpha value is -4.81. The first kappa shape index (κ1) is 30.6. The van der Waals surface area contributed by atoms with E-state index in [4.69, 9.17) is 4.74 Å². The second-order valence-corrected chi connectivity index (χ2v) is 11.0. The lowest BCUT2D eigenvalue weighted by atomic mass is 9.82. The Bertz CT molecular complexity index is 1670. The molecule has 0 aliphatic carbocycles. The topological polar surface area (TPSA) is 155 Å². The highest BCUT2D eigenvalue weighted by atomic mass is 16.6. The van der Waals surface area contributed by atoms with Crippen LogP contribution in [0.25, 0.3) is 5.69 Å². The fourth-order valence-electron chi connectivity index (χ4n) is 5.97. The van der Waals surface area contributed by atoms with Crippen LogP contribution in [0.2, 0.25) is 0 Å². The van der Waals surface area contributed by atoms with Crippen molar-refractivity contribution < 1.29 is 29.5 Å². The molecule has 0 bridgehead atoms. The number of hydrogen-bond acceptors (Lipinski definition) is 8. The summed E-state index contributed by atoms with van der Waals surface area (Å²) in [6.07, 6.45) is 6.37. The van der Waals surface area contributed by atoms with Crippen molar-refractivity contribution in [2.45, 2.75) is 44.4 Å². The van der Waals surface area contributed by atoms with E-state index in [9.17, 15) is 34.7 Å². The number of aromatic nitrogens is 1. The summed E-state index contributed by atoms with van der Waals surface area (Å²) in [6, 6.07) is 14.0. The van der Waals surface area contributed by atoms with Gasteiger partial charge in [0.15, 0.2) is 11.4 Å². The van der Waals surface area contributed by atoms with Gasteiger partial charge in [0.25, 0.3) is 17.2 Å². The molecule has 3 aromatic rings. The van der Waals surface area contributed by atoms with Crippen LogP contribution in [-0.2, 0) is 21.7 Å². The summed E-state index contributed by atoms with van der Waals surface area (Å²) in [4.78, 5) is 53.3. The molecule has 1 saturated heterocycles. The summed E-state index contributed by atoms with van der Waals surface area (Å²) in [6.45, 7) is 2.15. The van der Waals surface area contributed by atoms with E-state index in [1.165, 1.54) is 34.8 Å². The molecule has 2 N–H and O–H groups in total. The number of fused-ring (bicyclic) bond motifs is 1.